The van der Waals surface area contributed by atoms with Gasteiger partial charge in [0.2, 0.25) is 5.91 Å². The molecule has 0 spiro atoms. The van der Waals surface area contributed by atoms with E-state index < -0.39 is 0 Å². The quantitative estimate of drug-likeness (QED) is 0.505. The Labute approximate surface area is 196 Å². The van der Waals surface area contributed by atoms with Gasteiger partial charge in [-0.2, -0.15) is 5.10 Å². The number of rotatable bonds is 4. The van der Waals surface area contributed by atoms with Gasteiger partial charge in [0.05, 0.1) is 11.8 Å². The van der Waals surface area contributed by atoms with E-state index in [1.54, 1.807) is 12.3 Å². The Kier molecular flexibility index (Phi) is 4.96. The number of nitrogens with one attached hydrogen (secondary N) is 3. The molecule has 7 nitrogen and oxygen atoms in total. The van der Waals surface area contributed by atoms with Crippen LogP contribution in [-0.4, -0.2) is 40.5 Å². The number of nitrogens with zero attached hydrogens (tertiary/aromatic N) is 2. The number of H-pyrrole nitrogens is 1. The van der Waals surface area contributed by atoms with Gasteiger partial charge in [-0.25, -0.2) is 9.84 Å². The summed E-state index contributed by atoms with van der Waals surface area (Å²) >= 11 is 6.15. The molecular weight excluding hydrogens is 438 g/mol. The van der Waals surface area contributed by atoms with Crippen molar-refractivity contribution in [3.63, 3.8) is 0 Å². The summed E-state index contributed by atoms with van der Waals surface area (Å²) in [6, 6.07) is 13.8. The van der Waals surface area contributed by atoms with Crippen LogP contribution in [-0.2, 0) is 4.79 Å². The van der Waals surface area contributed by atoms with Gasteiger partial charge in [-0.15, -0.1) is 0 Å². The van der Waals surface area contributed by atoms with E-state index in [2.05, 4.69) is 33.0 Å². The molecule has 2 atom stereocenters. The molecule has 0 radical (unpaired) electrons. The molecule has 1 aliphatic carbocycles. The van der Waals surface area contributed by atoms with E-state index in [0.717, 1.165) is 54.5 Å². The van der Waals surface area contributed by atoms with Gasteiger partial charge in [0.15, 0.2) is 0 Å². The number of benzene rings is 2. The minimum atomic E-state index is -0.277. The molecule has 2 fully saturated rings. The maximum Gasteiger partial charge on any atom is 0.272 e. The summed E-state index contributed by atoms with van der Waals surface area (Å²) < 4.78 is 1.82. The van der Waals surface area contributed by atoms with Crippen LogP contribution in [0.5, 0.6) is 0 Å². The number of piperidine rings is 1. The molecule has 2 aliphatic heterocycles. The summed E-state index contributed by atoms with van der Waals surface area (Å²) in [7, 11) is 0. The van der Waals surface area contributed by atoms with E-state index in [4.69, 9.17) is 11.8 Å². The van der Waals surface area contributed by atoms with Crippen LogP contribution in [0.15, 0.2) is 47.6 Å². The third kappa shape index (κ3) is 3.71. The SMILES string of the molecule is O=C1NN=Cc2c(C3CCN(Cl)CC3)[nH]c3cc(NC(=O)[C@@H]4C[C@H]4c4ccccc4)cc1c23. The monoisotopic (exact) mass is 461 g/mol. The highest BCUT2D eigenvalue weighted by Crippen LogP contribution is 2.48. The second-order valence-corrected chi connectivity index (χ2v) is 9.61. The van der Waals surface area contributed by atoms with Gasteiger partial charge in [0.25, 0.3) is 5.91 Å². The Morgan fingerprint density at radius 2 is 1.94 bits per heavy atom. The van der Waals surface area contributed by atoms with Gasteiger partial charge in [-0.3, -0.25) is 9.59 Å². The van der Waals surface area contributed by atoms with Gasteiger partial charge < -0.3 is 10.3 Å². The first-order chi connectivity index (χ1) is 16.1. The highest BCUT2D eigenvalue weighted by Gasteiger charge is 2.44. The fraction of sp³-hybridized carbons (Fsp3) is 0.320. The van der Waals surface area contributed by atoms with Crippen LogP contribution in [0.25, 0.3) is 10.9 Å². The molecule has 1 saturated carbocycles. The maximum absolute atomic E-state index is 12.9. The van der Waals surface area contributed by atoms with Crippen molar-refractivity contribution in [3.8, 4) is 0 Å². The second kappa shape index (κ2) is 8.01. The lowest BCUT2D eigenvalue weighted by Crippen LogP contribution is -2.25. The minimum absolute atomic E-state index is 0.0119. The molecule has 2 aromatic carbocycles. The number of carbonyl (C=O) groups excluding carboxylic acids is 2. The smallest absolute Gasteiger partial charge is 0.272 e. The van der Waals surface area contributed by atoms with Crippen molar-refractivity contribution >= 4 is 46.4 Å². The van der Waals surface area contributed by atoms with Gasteiger partial charge in [-0.1, -0.05) is 30.3 Å². The van der Waals surface area contributed by atoms with Crippen LogP contribution >= 0.6 is 11.8 Å². The molecule has 1 aromatic heterocycles. The number of anilines is 1. The third-order valence-corrected chi connectivity index (χ3v) is 7.38. The third-order valence-electron chi connectivity index (χ3n) is 7.04. The first-order valence-corrected chi connectivity index (χ1v) is 11.7. The van der Waals surface area contributed by atoms with Crippen molar-refractivity contribution in [2.45, 2.75) is 31.1 Å². The van der Waals surface area contributed by atoms with Crippen molar-refractivity contribution in [2.75, 3.05) is 18.4 Å². The Morgan fingerprint density at radius 3 is 2.73 bits per heavy atom. The summed E-state index contributed by atoms with van der Waals surface area (Å²) in [5.41, 5.74) is 7.77. The molecule has 33 heavy (non-hydrogen) atoms. The molecule has 2 amide bonds. The van der Waals surface area contributed by atoms with Crippen LogP contribution < -0.4 is 10.7 Å². The molecular formula is C25H24ClN5O2. The van der Waals surface area contributed by atoms with Crippen molar-refractivity contribution < 1.29 is 9.59 Å². The molecule has 0 bridgehead atoms. The summed E-state index contributed by atoms with van der Waals surface area (Å²) in [6.45, 7) is 1.63. The second-order valence-electron chi connectivity index (χ2n) is 9.13. The van der Waals surface area contributed by atoms with Crippen LogP contribution in [0.2, 0.25) is 0 Å². The number of carbonyl (C=O) groups is 2. The number of hydrogen-bond acceptors (Lipinski definition) is 4. The van der Waals surface area contributed by atoms with E-state index >= 15 is 0 Å². The molecule has 3 N–H and O–H groups in total. The molecule has 168 valence electrons. The standard InChI is InChI=1S/C25H24ClN5O2/c26-31-8-6-15(7-9-31)23-20-13-27-30-25(33)19-10-16(11-21(29-23)22(19)20)28-24(32)18-12-17(18)14-4-2-1-3-5-14/h1-5,10-11,13,15,17-18,29H,6-9,12H2,(H,28,32)(H,30,33)/t17-,18+/m0/s1. The molecule has 8 heteroatoms. The average molecular weight is 462 g/mol. The minimum Gasteiger partial charge on any atom is -0.358 e. The predicted octanol–water partition coefficient (Wildman–Crippen LogP) is 4.32. The van der Waals surface area contributed by atoms with Crippen molar-refractivity contribution in [1.29, 1.82) is 0 Å². The number of aromatic amines is 1. The molecule has 3 aliphatic rings. The molecule has 0 unspecified atom stereocenters. The van der Waals surface area contributed by atoms with Gasteiger partial charge in [0.1, 0.15) is 0 Å². The normalized spacial score (nSPS) is 22.8. The lowest BCUT2D eigenvalue weighted by molar-refractivity contribution is -0.117. The highest BCUT2D eigenvalue weighted by atomic mass is 35.5. The molecule has 1 saturated heterocycles. The summed E-state index contributed by atoms with van der Waals surface area (Å²) in [5.74, 6) is 0.230. The van der Waals surface area contributed by atoms with E-state index in [1.807, 2.05) is 28.7 Å². The van der Waals surface area contributed by atoms with E-state index in [-0.39, 0.29) is 23.7 Å². The number of hydrazone groups is 1. The topological polar surface area (TPSA) is 89.6 Å². The largest absolute Gasteiger partial charge is 0.358 e. The Bertz CT molecular complexity index is 1280. The number of amides is 2. The number of aromatic nitrogens is 1. The lowest BCUT2D eigenvalue weighted by atomic mass is 9.91. The van der Waals surface area contributed by atoms with Crippen molar-refractivity contribution in [3.05, 3.63) is 64.8 Å². The Morgan fingerprint density at radius 1 is 1.15 bits per heavy atom. The zero-order chi connectivity index (χ0) is 22.5. The van der Waals surface area contributed by atoms with E-state index in [1.165, 1.54) is 5.56 Å². The Balaban J connectivity index is 1.31. The molecule has 3 aromatic rings. The summed E-state index contributed by atoms with van der Waals surface area (Å²) in [4.78, 5) is 29.2. The highest BCUT2D eigenvalue weighted by molar-refractivity contribution is 6.16. The summed E-state index contributed by atoms with van der Waals surface area (Å²) in [5, 5.41) is 8.03. The fourth-order valence-electron chi connectivity index (χ4n) is 5.23. The number of halogens is 1. The number of hydrogen-bond donors (Lipinski definition) is 3. The maximum atomic E-state index is 12.9. The van der Waals surface area contributed by atoms with Gasteiger partial charge >= 0.3 is 0 Å². The van der Waals surface area contributed by atoms with Gasteiger partial charge in [-0.05, 0) is 54.7 Å². The zero-order valence-corrected chi connectivity index (χ0v) is 18.7. The first-order valence-electron chi connectivity index (χ1n) is 11.4. The van der Waals surface area contributed by atoms with Crippen LogP contribution in [0.4, 0.5) is 5.69 Å². The fourth-order valence-corrected chi connectivity index (χ4v) is 5.42. The van der Waals surface area contributed by atoms with E-state index in [0.29, 0.717) is 17.2 Å². The summed E-state index contributed by atoms with van der Waals surface area (Å²) in [6.07, 6.45) is 4.43. The average Bonchev–Trinajstić information content (AvgIpc) is 3.58. The van der Waals surface area contributed by atoms with Crippen molar-refractivity contribution in [1.82, 2.24) is 14.8 Å². The lowest BCUT2D eigenvalue weighted by Gasteiger charge is -2.26. The van der Waals surface area contributed by atoms with Crippen LogP contribution in [0.3, 0.4) is 0 Å². The first kappa shape index (κ1) is 20.4. The predicted molar refractivity (Wildman–Crippen MR) is 129 cm³/mol. The Hall–Kier alpha value is -3.16. The van der Waals surface area contributed by atoms with Crippen LogP contribution in [0.1, 0.15) is 58.3 Å². The molecule has 3 heterocycles. The van der Waals surface area contributed by atoms with Crippen molar-refractivity contribution in [2.24, 2.45) is 11.0 Å². The van der Waals surface area contributed by atoms with Gasteiger partial charge in [0, 0.05) is 52.8 Å². The molecule has 6 rings (SSSR count). The van der Waals surface area contributed by atoms with Crippen LogP contribution in [0, 0.1) is 5.92 Å². The zero-order valence-electron chi connectivity index (χ0n) is 18.0. The van der Waals surface area contributed by atoms with E-state index in [9.17, 15) is 9.59 Å².